The third kappa shape index (κ3) is 3.03. The first-order valence-electron chi connectivity index (χ1n) is 4.86. The van der Waals surface area contributed by atoms with Gasteiger partial charge in [-0.25, -0.2) is 0 Å². The number of carbonyl (C=O) groups excluding carboxylic acids is 1. The lowest BCUT2D eigenvalue weighted by molar-refractivity contribution is -0.142. The Morgan fingerprint density at radius 3 is 2.75 bits per heavy atom. The van der Waals surface area contributed by atoms with Crippen molar-refractivity contribution in [3.8, 4) is 5.75 Å². The van der Waals surface area contributed by atoms with Crippen LogP contribution < -0.4 is 10.5 Å². The third-order valence-electron chi connectivity index (χ3n) is 1.99. The number of carbonyl (C=O) groups is 1. The fraction of sp³-hybridized carbons (Fsp3) is 0.364. The Morgan fingerprint density at radius 2 is 2.19 bits per heavy atom. The normalized spacial score (nSPS) is 9.94. The van der Waals surface area contributed by atoms with Gasteiger partial charge in [-0.3, -0.25) is 4.79 Å². The van der Waals surface area contributed by atoms with Crippen LogP contribution in [-0.2, 0) is 16.0 Å². The molecule has 1 rings (SSSR count). The zero-order chi connectivity index (χ0) is 12.1. The monoisotopic (exact) mass is 243 g/mol. The average molecular weight is 244 g/mol. The molecule has 0 fully saturated rings. The number of nitrogens with two attached hydrogens (primary N) is 1. The van der Waals surface area contributed by atoms with E-state index >= 15 is 0 Å². The van der Waals surface area contributed by atoms with Crippen molar-refractivity contribution >= 4 is 23.3 Å². The first kappa shape index (κ1) is 12.6. The Kier molecular flexibility index (Phi) is 4.43. The van der Waals surface area contributed by atoms with E-state index in [1.165, 1.54) is 7.11 Å². The molecule has 0 aliphatic carbocycles. The lowest BCUT2D eigenvalue weighted by Crippen LogP contribution is -2.09. The van der Waals surface area contributed by atoms with Crippen molar-refractivity contribution in [3.05, 3.63) is 22.7 Å². The summed E-state index contributed by atoms with van der Waals surface area (Å²) in [6, 6.07) is 3.23. The molecule has 0 heterocycles. The molecule has 88 valence electrons. The van der Waals surface area contributed by atoms with E-state index in [-0.39, 0.29) is 12.4 Å². The predicted octanol–water partition coefficient (Wildman–Crippen LogP) is 2.04. The number of ether oxygens (including phenoxy) is 2. The molecule has 0 saturated heterocycles. The predicted molar refractivity (Wildman–Crippen MR) is 62.8 cm³/mol. The number of hydrogen-bond donors (Lipinski definition) is 1. The van der Waals surface area contributed by atoms with E-state index in [0.717, 1.165) is 0 Å². The van der Waals surface area contributed by atoms with E-state index in [0.29, 0.717) is 28.6 Å². The number of halogens is 1. The molecule has 2 N–H and O–H groups in total. The molecule has 4 nitrogen and oxygen atoms in total. The van der Waals surface area contributed by atoms with Crippen LogP contribution in [0.5, 0.6) is 5.75 Å². The first-order valence-corrected chi connectivity index (χ1v) is 5.23. The molecule has 0 aliphatic heterocycles. The molecular formula is C11H14ClNO3. The largest absolute Gasteiger partial charge is 0.495 e. The van der Waals surface area contributed by atoms with Crippen LogP contribution in [0.15, 0.2) is 12.1 Å². The third-order valence-corrected chi connectivity index (χ3v) is 2.27. The molecule has 0 amide bonds. The van der Waals surface area contributed by atoms with Crippen LogP contribution in [0, 0.1) is 0 Å². The van der Waals surface area contributed by atoms with Gasteiger partial charge in [-0.1, -0.05) is 11.6 Å². The fourth-order valence-corrected chi connectivity index (χ4v) is 1.73. The number of benzene rings is 1. The Hall–Kier alpha value is -1.42. The smallest absolute Gasteiger partial charge is 0.310 e. The van der Waals surface area contributed by atoms with Crippen LogP contribution in [0.3, 0.4) is 0 Å². The average Bonchev–Trinajstić information content (AvgIpc) is 2.17. The second kappa shape index (κ2) is 5.61. The Labute approximate surface area is 99.3 Å². The highest BCUT2D eigenvalue weighted by Crippen LogP contribution is 2.31. The minimum atomic E-state index is -0.331. The fourth-order valence-electron chi connectivity index (χ4n) is 1.40. The Balaban J connectivity index is 2.97. The zero-order valence-corrected chi connectivity index (χ0v) is 10.0. The lowest BCUT2D eigenvalue weighted by atomic mass is 10.1. The molecular weight excluding hydrogens is 230 g/mol. The van der Waals surface area contributed by atoms with Crippen molar-refractivity contribution < 1.29 is 14.3 Å². The minimum absolute atomic E-state index is 0.0990. The molecule has 0 spiro atoms. The highest BCUT2D eigenvalue weighted by Gasteiger charge is 2.13. The number of anilines is 1. The molecule has 5 heteroatoms. The molecule has 16 heavy (non-hydrogen) atoms. The molecule has 0 unspecified atom stereocenters. The van der Waals surface area contributed by atoms with Gasteiger partial charge in [0.15, 0.2) is 0 Å². The van der Waals surface area contributed by atoms with Crippen molar-refractivity contribution in [2.24, 2.45) is 0 Å². The molecule has 0 aromatic heterocycles. The summed E-state index contributed by atoms with van der Waals surface area (Å²) < 4.78 is 9.96. The number of esters is 1. The maximum Gasteiger partial charge on any atom is 0.310 e. The van der Waals surface area contributed by atoms with Gasteiger partial charge in [-0.05, 0) is 19.1 Å². The zero-order valence-electron chi connectivity index (χ0n) is 9.25. The summed E-state index contributed by atoms with van der Waals surface area (Å²) >= 11 is 5.94. The summed E-state index contributed by atoms with van der Waals surface area (Å²) in [6.45, 7) is 2.10. The second-order valence-electron chi connectivity index (χ2n) is 3.18. The van der Waals surface area contributed by atoms with Crippen LogP contribution >= 0.6 is 11.6 Å². The van der Waals surface area contributed by atoms with Crippen molar-refractivity contribution in [1.29, 1.82) is 0 Å². The number of methoxy groups -OCH3 is 1. The molecule has 0 atom stereocenters. The van der Waals surface area contributed by atoms with Gasteiger partial charge < -0.3 is 15.2 Å². The standard InChI is InChI=1S/C11H14ClNO3/c1-3-16-10(14)5-7-4-8(13)6-9(12)11(7)15-2/h4,6H,3,5,13H2,1-2H3. The Bertz CT molecular complexity index is 393. The van der Waals surface area contributed by atoms with E-state index in [4.69, 9.17) is 26.8 Å². The van der Waals surface area contributed by atoms with Crippen molar-refractivity contribution in [2.45, 2.75) is 13.3 Å². The van der Waals surface area contributed by atoms with Crippen LogP contribution in [0.2, 0.25) is 5.02 Å². The first-order chi connectivity index (χ1) is 7.58. The summed E-state index contributed by atoms with van der Waals surface area (Å²) in [6.07, 6.45) is 0.0990. The van der Waals surface area contributed by atoms with Crippen molar-refractivity contribution in [3.63, 3.8) is 0 Å². The molecule has 1 aromatic carbocycles. The quantitative estimate of drug-likeness (QED) is 0.649. The van der Waals surface area contributed by atoms with Gasteiger partial charge in [-0.2, -0.15) is 0 Å². The lowest BCUT2D eigenvalue weighted by Gasteiger charge is -2.10. The van der Waals surface area contributed by atoms with E-state index < -0.39 is 0 Å². The van der Waals surface area contributed by atoms with Crippen LogP contribution in [-0.4, -0.2) is 19.7 Å². The van der Waals surface area contributed by atoms with Crippen molar-refractivity contribution in [2.75, 3.05) is 19.5 Å². The summed E-state index contributed by atoms with van der Waals surface area (Å²) in [5.74, 6) is 0.131. The van der Waals surface area contributed by atoms with Gasteiger partial charge in [0, 0.05) is 11.3 Å². The molecule has 0 bridgehead atoms. The SMILES string of the molecule is CCOC(=O)Cc1cc(N)cc(Cl)c1OC. The number of nitrogen functional groups attached to an aromatic ring is 1. The Morgan fingerprint density at radius 1 is 1.50 bits per heavy atom. The topological polar surface area (TPSA) is 61.5 Å². The van der Waals surface area contributed by atoms with E-state index in [1.54, 1.807) is 19.1 Å². The summed E-state index contributed by atoms with van der Waals surface area (Å²) in [5, 5.41) is 0.391. The van der Waals surface area contributed by atoms with E-state index in [1.807, 2.05) is 0 Å². The summed E-state index contributed by atoms with van der Waals surface area (Å²) in [4.78, 5) is 11.3. The van der Waals surface area contributed by atoms with Crippen LogP contribution in [0.1, 0.15) is 12.5 Å². The van der Waals surface area contributed by atoms with E-state index in [9.17, 15) is 4.79 Å². The van der Waals surface area contributed by atoms with Gasteiger partial charge in [-0.15, -0.1) is 0 Å². The molecule has 0 aliphatic rings. The maximum atomic E-state index is 11.3. The van der Waals surface area contributed by atoms with Crippen LogP contribution in [0.25, 0.3) is 0 Å². The second-order valence-corrected chi connectivity index (χ2v) is 3.58. The van der Waals surface area contributed by atoms with Gasteiger partial charge in [0.1, 0.15) is 5.75 Å². The summed E-state index contributed by atoms with van der Waals surface area (Å²) in [7, 11) is 1.49. The van der Waals surface area contributed by atoms with Gasteiger partial charge in [0.2, 0.25) is 0 Å². The summed E-state index contributed by atoms with van der Waals surface area (Å²) in [5.41, 5.74) is 6.76. The number of rotatable bonds is 4. The molecule has 0 saturated carbocycles. The highest BCUT2D eigenvalue weighted by molar-refractivity contribution is 6.32. The highest BCUT2D eigenvalue weighted by atomic mass is 35.5. The van der Waals surface area contributed by atoms with Crippen LogP contribution in [0.4, 0.5) is 5.69 Å². The van der Waals surface area contributed by atoms with Gasteiger partial charge in [0.25, 0.3) is 0 Å². The van der Waals surface area contributed by atoms with Gasteiger partial charge >= 0.3 is 5.97 Å². The van der Waals surface area contributed by atoms with Gasteiger partial charge in [0.05, 0.1) is 25.2 Å². The van der Waals surface area contributed by atoms with Crippen molar-refractivity contribution in [1.82, 2.24) is 0 Å². The molecule has 0 radical (unpaired) electrons. The maximum absolute atomic E-state index is 11.3. The molecule has 1 aromatic rings. The minimum Gasteiger partial charge on any atom is -0.495 e. The number of hydrogen-bond acceptors (Lipinski definition) is 4. The van der Waals surface area contributed by atoms with E-state index in [2.05, 4.69) is 0 Å².